The van der Waals surface area contributed by atoms with Crippen LogP contribution >= 0.6 is 11.3 Å². The second-order valence-corrected chi connectivity index (χ2v) is 9.93. The van der Waals surface area contributed by atoms with Gasteiger partial charge in [0.05, 0.1) is 6.10 Å². The average Bonchev–Trinajstić information content (AvgIpc) is 3.38. The van der Waals surface area contributed by atoms with E-state index in [0.29, 0.717) is 12.0 Å². The summed E-state index contributed by atoms with van der Waals surface area (Å²) in [6, 6.07) is 19.3. The highest BCUT2D eigenvalue weighted by Crippen LogP contribution is 2.35. The standard InChI is InChI=1S/C28H31N3O2S/c1-3-24(32)18-30-28(33)25(17-29)19(2)26-11-12-27(34-26)22-8-7-21-16-23(10-9-20(21)15-22)31-13-5-4-6-14-31/h7-12,15-16,24,32H,3-6,13-14,18H2,1-2H3,(H,30,33)/b25-19+. The van der Waals surface area contributed by atoms with Gasteiger partial charge in [-0.25, -0.2) is 0 Å². The number of nitriles is 1. The predicted octanol–water partition coefficient (Wildman–Crippen LogP) is 5.74. The molecule has 3 aromatic rings. The van der Waals surface area contributed by atoms with E-state index in [9.17, 15) is 15.2 Å². The van der Waals surface area contributed by atoms with Crippen LogP contribution in [0.4, 0.5) is 5.69 Å². The second kappa shape index (κ2) is 10.9. The Bertz CT molecular complexity index is 1250. The third kappa shape index (κ3) is 5.32. The van der Waals surface area contributed by atoms with Crippen LogP contribution in [0.1, 0.15) is 44.4 Å². The summed E-state index contributed by atoms with van der Waals surface area (Å²) in [6.45, 7) is 6.05. The third-order valence-corrected chi connectivity index (χ3v) is 7.74. The zero-order chi connectivity index (χ0) is 24.1. The Labute approximate surface area is 205 Å². The molecule has 2 aromatic carbocycles. The van der Waals surface area contributed by atoms with Gasteiger partial charge in [0.25, 0.3) is 5.91 Å². The zero-order valence-corrected chi connectivity index (χ0v) is 20.6. The molecule has 1 aliphatic rings. The number of aliphatic hydroxyl groups excluding tert-OH is 1. The number of piperidine rings is 1. The van der Waals surface area contributed by atoms with Gasteiger partial charge in [-0.2, -0.15) is 5.26 Å². The molecule has 0 aliphatic carbocycles. The summed E-state index contributed by atoms with van der Waals surface area (Å²) < 4.78 is 0. The average molecular weight is 474 g/mol. The molecular weight excluding hydrogens is 442 g/mol. The van der Waals surface area contributed by atoms with Crippen LogP contribution in [0.15, 0.2) is 54.1 Å². The van der Waals surface area contributed by atoms with Gasteiger partial charge in [0, 0.05) is 35.1 Å². The van der Waals surface area contributed by atoms with Crippen LogP contribution in [-0.2, 0) is 4.79 Å². The van der Waals surface area contributed by atoms with Crippen molar-refractivity contribution in [1.29, 1.82) is 5.26 Å². The van der Waals surface area contributed by atoms with Crippen molar-refractivity contribution < 1.29 is 9.90 Å². The Kier molecular flexibility index (Phi) is 7.66. The van der Waals surface area contributed by atoms with Crippen molar-refractivity contribution in [3.05, 3.63) is 59.0 Å². The molecule has 2 N–H and O–H groups in total. The molecule has 5 nitrogen and oxygen atoms in total. The number of anilines is 1. The number of hydrogen-bond acceptors (Lipinski definition) is 5. The maximum absolute atomic E-state index is 12.5. The molecule has 176 valence electrons. The molecule has 4 rings (SSSR count). The van der Waals surface area contributed by atoms with E-state index in [1.54, 1.807) is 18.3 Å². The van der Waals surface area contributed by atoms with Gasteiger partial charge in [-0.05, 0) is 84.8 Å². The van der Waals surface area contributed by atoms with E-state index in [1.165, 1.54) is 35.7 Å². The summed E-state index contributed by atoms with van der Waals surface area (Å²) in [5.74, 6) is -0.447. The first-order chi connectivity index (χ1) is 16.5. The molecule has 2 heterocycles. The summed E-state index contributed by atoms with van der Waals surface area (Å²) in [5, 5.41) is 24.4. The highest BCUT2D eigenvalue weighted by molar-refractivity contribution is 7.16. The van der Waals surface area contributed by atoms with Crippen molar-refractivity contribution in [2.45, 2.75) is 45.6 Å². The highest BCUT2D eigenvalue weighted by atomic mass is 32.1. The summed E-state index contributed by atoms with van der Waals surface area (Å²) >= 11 is 1.57. The van der Waals surface area contributed by atoms with Gasteiger partial charge >= 0.3 is 0 Å². The van der Waals surface area contributed by atoms with Gasteiger partial charge in [-0.1, -0.05) is 25.1 Å². The third-order valence-electron chi connectivity index (χ3n) is 6.49. The number of carbonyl (C=O) groups excluding carboxylic acids is 1. The number of thiophene rings is 1. The quantitative estimate of drug-likeness (QED) is 0.339. The van der Waals surface area contributed by atoms with E-state index in [1.807, 2.05) is 25.1 Å². The molecule has 1 fully saturated rings. The summed E-state index contributed by atoms with van der Waals surface area (Å²) in [7, 11) is 0. The number of aliphatic hydroxyl groups is 1. The molecule has 0 saturated carbocycles. The van der Waals surface area contributed by atoms with Gasteiger partial charge in [-0.15, -0.1) is 11.3 Å². The van der Waals surface area contributed by atoms with Gasteiger partial charge in [-0.3, -0.25) is 4.79 Å². The van der Waals surface area contributed by atoms with E-state index < -0.39 is 12.0 Å². The van der Waals surface area contributed by atoms with E-state index in [2.05, 4.69) is 46.6 Å². The number of rotatable bonds is 7. The highest BCUT2D eigenvalue weighted by Gasteiger charge is 2.17. The van der Waals surface area contributed by atoms with Crippen LogP contribution in [0.3, 0.4) is 0 Å². The minimum absolute atomic E-state index is 0.0838. The van der Waals surface area contributed by atoms with Gasteiger partial charge in [0.1, 0.15) is 11.6 Å². The van der Waals surface area contributed by atoms with Crippen molar-refractivity contribution >= 4 is 39.3 Å². The van der Waals surface area contributed by atoms with Crippen LogP contribution in [0.25, 0.3) is 26.8 Å². The summed E-state index contributed by atoms with van der Waals surface area (Å²) in [4.78, 5) is 16.9. The van der Waals surface area contributed by atoms with E-state index in [0.717, 1.165) is 28.4 Å². The van der Waals surface area contributed by atoms with E-state index in [4.69, 9.17) is 0 Å². The lowest BCUT2D eigenvalue weighted by atomic mass is 10.0. The molecule has 0 radical (unpaired) electrons. The number of hydrogen-bond donors (Lipinski definition) is 2. The van der Waals surface area contributed by atoms with Crippen molar-refractivity contribution in [2.24, 2.45) is 0 Å². The maximum Gasteiger partial charge on any atom is 0.262 e. The molecule has 1 aliphatic heterocycles. The van der Waals surface area contributed by atoms with Crippen LogP contribution in [0.5, 0.6) is 0 Å². The zero-order valence-electron chi connectivity index (χ0n) is 19.8. The molecule has 6 heteroatoms. The van der Waals surface area contributed by atoms with Gasteiger partial charge < -0.3 is 15.3 Å². The van der Waals surface area contributed by atoms with Crippen molar-refractivity contribution in [1.82, 2.24) is 5.32 Å². The fourth-order valence-electron chi connectivity index (χ4n) is 4.30. The first kappa shape index (κ1) is 24.0. The molecule has 1 amide bonds. The smallest absolute Gasteiger partial charge is 0.262 e. The van der Waals surface area contributed by atoms with Crippen molar-refractivity contribution in [3.63, 3.8) is 0 Å². The number of benzene rings is 2. The minimum atomic E-state index is -0.610. The summed E-state index contributed by atoms with van der Waals surface area (Å²) in [6.07, 6.45) is 3.79. The minimum Gasteiger partial charge on any atom is -0.391 e. The fourth-order valence-corrected chi connectivity index (χ4v) is 5.31. The molecular formula is C28H31N3O2S. The number of nitrogens with one attached hydrogen (secondary N) is 1. The number of fused-ring (bicyclic) bond motifs is 1. The molecule has 0 bridgehead atoms. The Morgan fingerprint density at radius 1 is 1.12 bits per heavy atom. The Hall–Kier alpha value is -3.14. The number of allylic oxidation sites excluding steroid dienone is 1. The molecule has 1 atom stereocenters. The molecule has 1 aromatic heterocycles. The normalized spacial score (nSPS) is 15.5. The monoisotopic (exact) mass is 473 g/mol. The number of nitrogens with zero attached hydrogens (tertiary/aromatic N) is 2. The van der Waals surface area contributed by atoms with Gasteiger partial charge in [0.15, 0.2) is 0 Å². The van der Waals surface area contributed by atoms with Crippen molar-refractivity contribution in [3.8, 4) is 16.5 Å². The van der Waals surface area contributed by atoms with Crippen LogP contribution < -0.4 is 10.2 Å². The molecule has 1 unspecified atom stereocenters. The summed E-state index contributed by atoms with van der Waals surface area (Å²) in [5.41, 5.74) is 3.15. The first-order valence-electron chi connectivity index (χ1n) is 12.0. The predicted molar refractivity (Wildman–Crippen MR) is 141 cm³/mol. The topological polar surface area (TPSA) is 76.4 Å². The van der Waals surface area contributed by atoms with Gasteiger partial charge in [0.2, 0.25) is 0 Å². The SMILES string of the molecule is CCC(O)CNC(=O)/C(C#N)=C(\C)c1ccc(-c2ccc3cc(N4CCCCC4)ccc3c2)s1. The fraction of sp³-hybridized carbons (Fsp3) is 0.357. The number of carbonyl (C=O) groups is 1. The van der Waals surface area contributed by atoms with Crippen molar-refractivity contribution in [2.75, 3.05) is 24.5 Å². The largest absolute Gasteiger partial charge is 0.391 e. The van der Waals surface area contributed by atoms with Crippen LogP contribution in [0.2, 0.25) is 0 Å². The Balaban J connectivity index is 1.55. The Morgan fingerprint density at radius 2 is 1.85 bits per heavy atom. The van der Waals surface area contributed by atoms with E-state index >= 15 is 0 Å². The van der Waals surface area contributed by atoms with E-state index in [-0.39, 0.29) is 12.1 Å². The van der Waals surface area contributed by atoms with Crippen LogP contribution in [-0.4, -0.2) is 36.8 Å². The number of amides is 1. The molecule has 0 spiro atoms. The maximum atomic E-state index is 12.5. The molecule has 1 saturated heterocycles. The lowest BCUT2D eigenvalue weighted by molar-refractivity contribution is -0.117. The van der Waals surface area contributed by atoms with Crippen LogP contribution in [0, 0.1) is 11.3 Å². The molecule has 34 heavy (non-hydrogen) atoms. The first-order valence-corrected chi connectivity index (χ1v) is 12.8. The lowest BCUT2D eigenvalue weighted by Gasteiger charge is -2.29. The second-order valence-electron chi connectivity index (χ2n) is 8.84. The lowest BCUT2D eigenvalue weighted by Crippen LogP contribution is -2.32. The Morgan fingerprint density at radius 3 is 2.59 bits per heavy atom.